The van der Waals surface area contributed by atoms with Gasteiger partial charge in [-0.3, -0.25) is 0 Å². The summed E-state index contributed by atoms with van der Waals surface area (Å²) in [5.74, 6) is -0.572. The maximum atomic E-state index is 10.2. The van der Waals surface area contributed by atoms with E-state index in [1.165, 1.54) is 0 Å². The number of rotatable bonds is 3. The van der Waals surface area contributed by atoms with Gasteiger partial charge in [0.15, 0.2) is 0 Å². The second kappa shape index (κ2) is 5.62. The first-order chi connectivity index (χ1) is 5.58. The maximum Gasteiger partial charge on any atom is 1.00 e. The Morgan fingerprint density at radius 3 is 2.23 bits per heavy atom. The molecule has 0 bridgehead atoms. The second-order valence-electron chi connectivity index (χ2n) is 2.24. The van der Waals surface area contributed by atoms with Crippen molar-refractivity contribution in [3.05, 3.63) is 30.3 Å². The Balaban J connectivity index is 0.00000144. The Bertz CT molecular complexity index is 338. The Morgan fingerprint density at radius 2 is 1.77 bits per heavy atom. The Hall–Kier alpha value is -0.0700. The molecule has 0 aliphatic heterocycles. The summed E-state index contributed by atoms with van der Waals surface area (Å²) in [6.45, 7) is 0. The van der Waals surface area contributed by atoms with Crippen molar-refractivity contribution in [1.29, 1.82) is 0 Å². The molecule has 1 aromatic carbocycles. The smallest absolute Gasteiger partial charge is 0.747 e. The van der Waals surface area contributed by atoms with Crippen molar-refractivity contribution < 1.29 is 42.5 Å². The summed E-state index contributed by atoms with van der Waals surface area (Å²) in [6, 6.07) is 8.67. The van der Waals surface area contributed by atoms with Gasteiger partial charge < -0.3 is 9.87 Å². The first-order valence-electron chi connectivity index (χ1n) is 3.30. The average molecular weight is 209 g/mol. The van der Waals surface area contributed by atoms with Gasteiger partial charge >= 0.3 is 29.6 Å². The predicted molar refractivity (Wildman–Crippen MR) is 44.6 cm³/mol. The van der Waals surface area contributed by atoms with Crippen molar-refractivity contribution in [2.24, 2.45) is 0 Å². The molecule has 0 radical (unpaired) electrons. The number of para-hydroxylation sites is 1. The van der Waals surface area contributed by atoms with Crippen molar-refractivity contribution in [1.82, 2.24) is 0 Å². The third kappa shape index (κ3) is 6.06. The number of hydrogen-bond acceptors (Lipinski definition) is 4. The molecule has 0 heterocycles. The molecule has 0 atom stereocenters. The monoisotopic (exact) mass is 209 g/mol. The van der Waals surface area contributed by atoms with E-state index in [9.17, 15) is 13.0 Å². The number of hydrogen-bond donors (Lipinski definition) is 1. The number of benzene rings is 1. The van der Waals surface area contributed by atoms with E-state index < -0.39 is 16.0 Å². The molecule has 13 heavy (non-hydrogen) atoms. The van der Waals surface area contributed by atoms with E-state index in [1.807, 2.05) is 0 Å². The standard InChI is InChI=1S/C7H9NO3S.Na/c9-12(10,11)6-8-7-4-2-1-3-5-7;/h1-5,8H,6H2,(H,9,10,11);/q;+1/p-1. The summed E-state index contributed by atoms with van der Waals surface area (Å²) in [5.41, 5.74) is 0.622. The molecule has 0 aliphatic rings. The Labute approximate surface area is 99.4 Å². The van der Waals surface area contributed by atoms with Crippen LogP contribution in [0.2, 0.25) is 0 Å². The third-order valence-corrected chi connectivity index (χ3v) is 1.72. The fourth-order valence-electron chi connectivity index (χ4n) is 0.728. The van der Waals surface area contributed by atoms with Crippen LogP contribution in [0.3, 0.4) is 0 Å². The molecule has 0 unspecified atom stereocenters. The van der Waals surface area contributed by atoms with Gasteiger partial charge in [0.25, 0.3) is 0 Å². The molecule has 0 aromatic heterocycles. The molecule has 6 heteroatoms. The molecule has 0 spiro atoms. The average Bonchev–Trinajstić information content (AvgIpc) is 2.02. The SMILES string of the molecule is O=S(=O)([O-])CNc1ccccc1.[Na+]. The van der Waals surface area contributed by atoms with Crippen LogP contribution in [0.1, 0.15) is 0 Å². The van der Waals surface area contributed by atoms with Crippen LogP contribution < -0.4 is 34.9 Å². The summed E-state index contributed by atoms with van der Waals surface area (Å²) in [7, 11) is -4.18. The zero-order chi connectivity index (χ0) is 9.03. The van der Waals surface area contributed by atoms with Crippen molar-refractivity contribution >= 4 is 15.8 Å². The minimum Gasteiger partial charge on any atom is -0.747 e. The molecule has 0 aliphatic carbocycles. The molecule has 0 amide bonds. The van der Waals surface area contributed by atoms with Gasteiger partial charge in [0, 0.05) is 5.69 Å². The number of nitrogens with one attached hydrogen (secondary N) is 1. The van der Waals surface area contributed by atoms with E-state index in [-0.39, 0.29) is 29.6 Å². The van der Waals surface area contributed by atoms with Gasteiger partial charge in [-0.05, 0) is 12.1 Å². The molecule has 66 valence electrons. The molecule has 4 nitrogen and oxygen atoms in total. The summed E-state index contributed by atoms with van der Waals surface area (Å²) >= 11 is 0. The van der Waals surface area contributed by atoms with E-state index in [0.717, 1.165) is 0 Å². The molecule has 0 saturated heterocycles. The van der Waals surface area contributed by atoms with Crippen LogP contribution in [0, 0.1) is 0 Å². The van der Waals surface area contributed by atoms with E-state index in [4.69, 9.17) is 0 Å². The van der Waals surface area contributed by atoms with Crippen molar-refractivity contribution in [2.45, 2.75) is 0 Å². The van der Waals surface area contributed by atoms with Gasteiger partial charge in [-0.15, -0.1) is 0 Å². The van der Waals surface area contributed by atoms with Crippen LogP contribution in [-0.4, -0.2) is 18.8 Å². The summed E-state index contributed by atoms with van der Waals surface area (Å²) in [6.07, 6.45) is 0. The zero-order valence-electron chi connectivity index (χ0n) is 7.23. The Kier molecular flexibility index (Phi) is 5.59. The third-order valence-electron chi connectivity index (χ3n) is 1.23. The first-order valence-corrected chi connectivity index (χ1v) is 4.88. The zero-order valence-corrected chi connectivity index (χ0v) is 10.0. The van der Waals surface area contributed by atoms with Crippen LogP contribution in [0.25, 0.3) is 0 Å². The van der Waals surface area contributed by atoms with Gasteiger partial charge in [-0.2, -0.15) is 0 Å². The Morgan fingerprint density at radius 1 is 1.23 bits per heavy atom. The number of anilines is 1. The van der Waals surface area contributed by atoms with E-state index in [1.54, 1.807) is 30.3 Å². The van der Waals surface area contributed by atoms with E-state index in [0.29, 0.717) is 5.69 Å². The topological polar surface area (TPSA) is 69.2 Å². The van der Waals surface area contributed by atoms with Crippen molar-refractivity contribution in [2.75, 3.05) is 11.2 Å². The molecule has 0 saturated carbocycles. The van der Waals surface area contributed by atoms with Crippen molar-refractivity contribution in [3.8, 4) is 0 Å². The first kappa shape index (κ1) is 12.9. The van der Waals surface area contributed by atoms with Gasteiger partial charge in [0.05, 0.1) is 0 Å². The fourth-order valence-corrected chi connectivity index (χ4v) is 1.07. The minimum absolute atomic E-state index is 0. The molecule has 1 N–H and O–H groups in total. The molecule has 0 fully saturated rings. The van der Waals surface area contributed by atoms with Crippen LogP contribution in [0.15, 0.2) is 30.3 Å². The van der Waals surface area contributed by atoms with Gasteiger partial charge in [0.1, 0.15) is 16.0 Å². The molecule has 1 aromatic rings. The van der Waals surface area contributed by atoms with Crippen LogP contribution in [-0.2, 0) is 10.1 Å². The molecular formula is C7H8NNaO3S. The van der Waals surface area contributed by atoms with Gasteiger partial charge in [0.2, 0.25) is 0 Å². The second-order valence-corrected chi connectivity index (χ2v) is 3.65. The van der Waals surface area contributed by atoms with Crippen LogP contribution in [0.4, 0.5) is 5.69 Å². The quantitative estimate of drug-likeness (QED) is 0.445. The van der Waals surface area contributed by atoms with E-state index >= 15 is 0 Å². The minimum atomic E-state index is -4.18. The maximum absolute atomic E-state index is 10.2. The predicted octanol–water partition coefficient (Wildman–Crippen LogP) is -2.39. The summed E-state index contributed by atoms with van der Waals surface area (Å²) in [5, 5.41) is 2.48. The van der Waals surface area contributed by atoms with Gasteiger partial charge in [-0.1, -0.05) is 18.2 Å². The largest absolute Gasteiger partial charge is 1.00 e. The van der Waals surface area contributed by atoms with Crippen molar-refractivity contribution in [3.63, 3.8) is 0 Å². The van der Waals surface area contributed by atoms with Gasteiger partial charge in [-0.25, -0.2) is 8.42 Å². The van der Waals surface area contributed by atoms with Crippen LogP contribution >= 0.6 is 0 Å². The van der Waals surface area contributed by atoms with E-state index in [2.05, 4.69) is 5.32 Å². The molecule has 1 rings (SSSR count). The van der Waals surface area contributed by atoms with Crippen LogP contribution in [0.5, 0.6) is 0 Å². The summed E-state index contributed by atoms with van der Waals surface area (Å²) < 4.78 is 30.6. The summed E-state index contributed by atoms with van der Waals surface area (Å²) in [4.78, 5) is 0. The normalized spacial score (nSPS) is 10.2. The fraction of sp³-hybridized carbons (Fsp3) is 0.143. The molecular weight excluding hydrogens is 201 g/mol.